The van der Waals surface area contributed by atoms with E-state index in [-0.39, 0.29) is 5.41 Å². The Labute approximate surface area is 130 Å². The van der Waals surface area contributed by atoms with Crippen LogP contribution in [0.5, 0.6) is 0 Å². The van der Waals surface area contributed by atoms with E-state index in [4.69, 9.17) is 14.9 Å². The predicted molar refractivity (Wildman–Crippen MR) is 86.9 cm³/mol. The minimum Gasteiger partial charge on any atom is -0.464 e. The summed E-state index contributed by atoms with van der Waals surface area (Å²) in [7, 11) is 0. The third-order valence-electron chi connectivity index (χ3n) is 3.62. The molecule has 0 aliphatic heterocycles. The van der Waals surface area contributed by atoms with Crippen LogP contribution in [-0.2, 0) is 10.2 Å². The molecule has 1 atom stereocenters. The summed E-state index contributed by atoms with van der Waals surface area (Å²) in [5, 5.41) is 3.83. The number of carbonyl (C=O) groups is 1. The van der Waals surface area contributed by atoms with E-state index in [0.717, 1.165) is 16.5 Å². The summed E-state index contributed by atoms with van der Waals surface area (Å²) in [6.07, 6.45) is 1.23. The highest BCUT2D eigenvalue weighted by Crippen LogP contribution is 2.26. The van der Waals surface area contributed by atoms with E-state index in [0.29, 0.717) is 13.1 Å². The number of alkyl carbamates (subject to hydrolysis) is 1. The van der Waals surface area contributed by atoms with Crippen molar-refractivity contribution in [2.75, 3.05) is 13.1 Å². The van der Waals surface area contributed by atoms with E-state index in [2.05, 4.69) is 5.32 Å². The second kappa shape index (κ2) is 6.01. The summed E-state index contributed by atoms with van der Waals surface area (Å²) in [6.45, 7) is 8.34. The number of carbonyl (C=O) groups excluding carboxylic acids is 1. The van der Waals surface area contributed by atoms with Crippen molar-refractivity contribution in [3.05, 3.63) is 36.1 Å². The summed E-state index contributed by atoms with van der Waals surface area (Å²) >= 11 is 0. The van der Waals surface area contributed by atoms with Gasteiger partial charge in [-0.15, -0.1) is 0 Å². The zero-order valence-corrected chi connectivity index (χ0v) is 13.6. The number of benzene rings is 1. The van der Waals surface area contributed by atoms with Gasteiger partial charge in [-0.1, -0.05) is 13.0 Å². The van der Waals surface area contributed by atoms with Gasteiger partial charge in [-0.05, 0) is 44.5 Å². The number of nitrogens with two attached hydrogens (primary N) is 1. The van der Waals surface area contributed by atoms with Gasteiger partial charge >= 0.3 is 6.09 Å². The second-order valence-corrected chi connectivity index (χ2v) is 6.79. The molecule has 0 saturated carbocycles. The first-order valence-corrected chi connectivity index (χ1v) is 7.38. The maximum atomic E-state index is 11.8. The van der Waals surface area contributed by atoms with Crippen LogP contribution in [0.2, 0.25) is 0 Å². The van der Waals surface area contributed by atoms with E-state index < -0.39 is 11.7 Å². The van der Waals surface area contributed by atoms with Gasteiger partial charge in [0.2, 0.25) is 0 Å². The maximum Gasteiger partial charge on any atom is 0.407 e. The van der Waals surface area contributed by atoms with Gasteiger partial charge < -0.3 is 20.2 Å². The normalized spacial score (nSPS) is 14.6. The molecule has 0 saturated heterocycles. The van der Waals surface area contributed by atoms with Gasteiger partial charge in [-0.25, -0.2) is 4.79 Å². The van der Waals surface area contributed by atoms with Crippen LogP contribution in [0.4, 0.5) is 4.79 Å². The van der Waals surface area contributed by atoms with Crippen LogP contribution in [0.25, 0.3) is 11.0 Å². The van der Waals surface area contributed by atoms with Crippen molar-refractivity contribution >= 4 is 17.1 Å². The Bertz CT molecular complexity index is 657. The van der Waals surface area contributed by atoms with E-state index in [9.17, 15) is 4.79 Å². The molecule has 2 rings (SSSR count). The molecule has 0 spiro atoms. The van der Waals surface area contributed by atoms with Crippen molar-refractivity contribution in [3.63, 3.8) is 0 Å². The zero-order chi connectivity index (χ0) is 16.4. The first-order chi connectivity index (χ1) is 10.2. The number of nitrogens with one attached hydrogen (secondary N) is 1. The van der Waals surface area contributed by atoms with E-state index >= 15 is 0 Å². The van der Waals surface area contributed by atoms with Gasteiger partial charge in [0.25, 0.3) is 0 Å². The monoisotopic (exact) mass is 304 g/mol. The number of fused-ring (bicyclic) bond motifs is 1. The lowest BCUT2D eigenvalue weighted by Gasteiger charge is -2.29. The van der Waals surface area contributed by atoms with Gasteiger partial charge in [0.05, 0.1) is 6.26 Å². The lowest BCUT2D eigenvalue weighted by Crippen LogP contribution is -2.45. The van der Waals surface area contributed by atoms with Crippen molar-refractivity contribution in [2.45, 2.75) is 38.7 Å². The number of amides is 1. The molecule has 0 bridgehead atoms. The van der Waals surface area contributed by atoms with Crippen LogP contribution in [0, 0.1) is 0 Å². The van der Waals surface area contributed by atoms with Gasteiger partial charge in [0, 0.05) is 23.9 Å². The fourth-order valence-electron chi connectivity index (χ4n) is 2.22. The quantitative estimate of drug-likeness (QED) is 0.909. The molecule has 1 unspecified atom stereocenters. The van der Waals surface area contributed by atoms with Gasteiger partial charge in [-0.3, -0.25) is 0 Å². The average Bonchev–Trinajstić information content (AvgIpc) is 2.90. The fraction of sp³-hybridized carbons (Fsp3) is 0.471. The topological polar surface area (TPSA) is 77.5 Å². The molecule has 22 heavy (non-hydrogen) atoms. The number of furan rings is 1. The molecule has 0 radical (unpaired) electrons. The zero-order valence-electron chi connectivity index (χ0n) is 13.6. The Morgan fingerprint density at radius 1 is 1.27 bits per heavy atom. The Morgan fingerprint density at radius 2 is 2.00 bits per heavy atom. The van der Waals surface area contributed by atoms with Crippen LogP contribution >= 0.6 is 0 Å². The van der Waals surface area contributed by atoms with Gasteiger partial charge in [0.15, 0.2) is 0 Å². The third-order valence-corrected chi connectivity index (χ3v) is 3.62. The molecule has 1 aromatic heterocycles. The summed E-state index contributed by atoms with van der Waals surface area (Å²) in [6, 6.07) is 7.86. The summed E-state index contributed by atoms with van der Waals surface area (Å²) in [4.78, 5) is 11.8. The third kappa shape index (κ3) is 3.80. The van der Waals surface area contributed by atoms with Crippen LogP contribution < -0.4 is 11.1 Å². The largest absolute Gasteiger partial charge is 0.464 e. The Kier molecular flexibility index (Phi) is 4.47. The van der Waals surface area contributed by atoms with Crippen LogP contribution in [-0.4, -0.2) is 24.8 Å². The summed E-state index contributed by atoms with van der Waals surface area (Å²) in [5.41, 5.74) is 6.96. The number of hydrogen-bond acceptors (Lipinski definition) is 4. The first kappa shape index (κ1) is 16.4. The molecule has 1 aromatic carbocycles. The van der Waals surface area contributed by atoms with E-state index in [1.807, 2.05) is 52.0 Å². The van der Waals surface area contributed by atoms with Gasteiger partial charge in [0.1, 0.15) is 11.2 Å². The lowest BCUT2D eigenvalue weighted by molar-refractivity contribution is 0.0516. The van der Waals surface area contributed by atoms with Crippen molar-refractivity contribution < 1.29 is 13.9 Å². The molecule has 1 heterocycles. The minimum absolute atomic E-state index is 0.373. The second-order valence-electron chi connectivity index (χ2n) is 6.79. The Hall–Kier alpha value is -2.01. The highest BCUT2D eigenvalue weighted by Gasteiger charge is 2.27. The Morgan fingerprint density at radius 3 is 2.64 bits per heavy atom. The van der Waals surface area contributed by atoms with Crippen molar-refractivity contribution in [1.29, 1.82) is 0 Å². The van der Waals surface area contributed by atoms with Gasteiger partial charge in [-0.2, -0.15) is 0 Å². The minimum atomic E-state index is -0.515. The van der Waals surface area contributed by atoms with Crippen LogP contribution in [0.1, 0.15) is 33.3 Å². The lowest BCUT2D eigenvalue weighted by atomic mass is 9.82. The van der Waals surface area contributed by atoms with Crippen molar-refractivity contribution in [1.82, 2.24) is 5.32 Å². The standard InChI is InChI=1S/C17H24N2O3/c1-16(2,3)22-15(20)19-11-17(4,10-18)13-5-6-14-12(9-13)7-8-21-14/h5-9H,10-11,18H2,1-4H3,(H,19,20). The Balaban J connectivity index is 2.12. The molecule has 2 aromatic rings. The molecule has 0 aliphatic rings. The average molecular weight is 304 g/mol. The molecule has 1 amide bonds. The molecule has 0 aliphatic carbocycles. The number of hydrogen-bond donors (Lipinski definition) is 2. The molecular formula is C17H24N2O3. The smallest absolute Gasteiger partial charge is 0.407 e. The maximum absolute atomic E-state index is 11.8. The van der Waals surface area contributed by atoms with Crippen molar-refractivity contribution in [2.24, 2.45) is 5.73 Å². The van der Waals surface area contributed by atoms with Crippen molar-refractivity contribution in [3.8, 4) is 0 Å². The summed E-state index contributed by atoms with van der Waals surface area (Å²) in [5.74, 6) is 0. The van der Waals surface area contributed by atoms with E-state index in [1.54, 1.807) is 6.26 Å². The van der Waals surface area contributed by atoms with Crippen LogP contribution in [0.15, 0.2) is 34.9 Å². The van der Waals surface area contributed by atoms with E-state index in [1.165, 1.54) is 0 Å². The number of ether oxygens (including phenoxy) is 1. The molecule has 5 nitrogen and oxygen atoms in total. The highest BCUT2D eigenvalue weighted by molar-refractivity contribution is 5.78. The SMILES string of the molecule is CC(C)(C)OC(=O)NCC(C)(CN)c1ccc2occc2c1. The highest BCUT2D eigenvalue weighted by atomic mass is 16.6. The fourth-order valence-corrected chi connectivity index (χ4v) is 2.22. The molecular weight excluding hydrogens is 280 g/mol. The molecule has 3 N–H and O–H groups in total. The molecule has 0 fully saturated rings. The first-order valence-electron chi connectivity index (χ1n) is 7.38. The predicted octanol–water partition coefficient (Wildman–Crippen LogP) is 3.17. The summed E-state index contributed by atoms with van der Waals surface area (Å²) < 4.78 is 10.6. The number of rotatable bonds is 4. The molecule has 120 valence electrons. The van der Waals surface area contributed by atoms with Crippen LogP contribution in [0.3, 0.4) is 0 Å². The molecule has 5 heteroatoms.